The highest BCUT2D eigenvalue weighted by molar-refractivity contribution is 5.39. The first-order valence-corrected chi connectivity index (χ1v) is 10.8. The van der Waals surface area contributed by atoms with Gasteiger partial charge in [0, 0.05) is 19.6 Å². The number of rotatable bonds is 6. The highest BCUT2D eigenvalue weighted by atomic mass is 16.5. The van der Waals surface area contributed by atoms with Gasteiger partial charge in [0.1, 0.15) is 18.8 Å². The zero-order valence-electron chi connectivity index (χ0n) is 17.7. The lowest BCUT2D eigenvalue weighted by Gasteiger charge is -2.35. The van der Waals surface area contributed by atoms with Gasteiger partial charge in [0.2, 0.25) is 0 Å². The molecule has 3 aromatic rings. The maximum absolute atomic E-state index is 10.7. The Kier molecular flexibility index (Phi) is 5.61. The van der Waals surface area contributed by atoms with Gasteiger partial charge in [-0.05, 0) is 54.5 Å². The van der Waals surface area contributed by atoms with Crippen molar-refractivity contribution in [2.45, 2.75) is 31.6 Å². The fraction of sp³-hybridized carbons (Fsp3) is 0.417. The molecule has 1 saturated carbocycles. The van der Waals surface area contributed by atoms with Crippen LogP contribution in [0, 0.1) is 11.8 Å². The van der Waals surface area contributed by atoms with Gasteiger partial charge < -0.3 is 14.6 Å². The van der Waals surface area contributed by atoms with Gasteiger partial charge in [-0.2, -0.15) is 5.10 Å². The molecule has 7 nitrogen and oxygen atoms in total. The van der Waals surface area contributed by atoms with Crippen LogP contribution in [0.3, 0.4) is 0 Å². The van der Waals surface area contributed by atoms with Crippen LogP contribution < -0.4 is 9.47 Å². The van der Waals surface area contributed by atoms with Gasteiger partial charge in [-0.25, -0.2) is 9.67 Å². The molecule has 0 spiro atoms. The molecular weight excluding hydrogens is 392 g/mol. The van der Waals surface area contributed by atoms with E-state index < -0.39 is 6.10 Å². The normalized spacial score (nSPS) is 25.9. The maximum atomic E-state index is 10.7. The Morgan fingerprint density at radius 1 is 1.00 bits per heavy atom. The summed E-state index contributed by atoms with van der Waals surface area (Å²) in [4.78, 5) is 6.50. The predicted octanol–water partition coefficient (Wildman–Crippen LogP) is 2.93. The number of aliphatic hydroxyl groups is 1. The molecule has 2 heterocycles. The van der Waals surface area contributed by atoms with Crippen LogP contribution in [0.4, 0.5) is 0 Å². The molecule has 0 bridgehead atoms. The molecule has 2 aliphatic rings. The molecule has 31 heavy (non-hydrogen) atoms. The summed E-state index contributed by atoms with van der Waals surface area (Å²) in [6, 6.07) is 16.1. The first kappa shape index (κ1) is 20.0. The second kappa shape index (κ2) is 8.69. The summed E-state index contributed by atoms with van der Waals surface area (Å²) < 4.78 is 13.4. The minimum Gasteiger partial charge on any atom is -0.493 e. The highest BCUT2D eigenvalue weighted by Crippen LogP contribution is 2.39. The van der Waals surface area contributed by atoms with Crippen molar-refractivity contribution in [1.29, 1.82) is 0 Å². The average Bonchev–Trinajstić information content (AvgIpc) is 3.45. The van der Waals surface area contributed by atoms with Gasteiger partial charge >= 0.3 is 0 Å². The molecule has 1 aliphatic carbocycles. The fourth-order valence-corrected chi connectivity index (χ4v) is 4.98. The van der Waals surface area contributed by atoms with Crippen molar-refractivity contribution in [3.63, 3.8) is 0 Å². The van der Waals surface area contributed by atoms with E-state index in [-0.39, 0.29) is 6.10 Å². The van der Waals surface area contributed by atoms with Crippen molar-refractivity contribution < 1.29 is 14.6 Å². The lowest BCUT2D eigenvalue weighted by Crippen LogP contribution is -2.42. The van der Waals surface area contributed by atoms with Crippen molar-refractivity contribution in [1.82, 2.24) is 19.7 Å². The summed E-state index contributed by atoms with van der Waals surface area (Å²) in [7, 11) is 1.64. The highest BCUT2D eigenvalue weighted by Gasteiger charge is 2.42. The number of methoxy groups -OCH3 is 1. The van der Waals surface area contributed by atoms with E-state index in [1.165, 1.54) is 5.56 Å². The van der Waals surface area contributed by atoms with Gasteiger partial charge in [0.25, 0.3) is 0 Å². The number of aromatic nitrogens is 3. The third kappa shape index (κ3) is 4.29. The molecule has 2 fully saturated rings. The van der Waals surface area contributed by atoms with Crippen LogP contribution in [0.5, 0.6) is 11.5 Å². The first-order valence-electron chi connectivity index (χ1n) is 10.8. The quantitative estimate of drug-likeness (QED) is 0.661. The van der Waals surface area contributed by atoms with E-state index in [2.05, 4.69) is 39.2 Å². The number of ether oxygens (including phenoxy) is 2. The molecule has 0 unspecified atom stereocenters. The van der Waals surface area contributed by atoms with E-state index in [0.717, 1.165) is 38.2 Å². The van der Waals surface area contributed by atoms with E-state index in [9.17, 15) is 5.11 Å². The van der Waals surface area contributed by atoms with Crippen LogP contribution in [0.25, 0.3) is 5.69 Å². The second-order valence-electron chi connectivity index (χ2n) is 8.57. The molecule has 1 aromatic heterocycles. The number of hydrogen-bond acceptors (Lipinski definition) is 6. The first-order chi connectivity index (χ1) is 15.2. The van der Waals surface area contributed by atoms with Crippen LogP contribution >= 0.6 is 0 Å². The van der Waals surface area contributed by atoms with Gasteiger partial charge in [0.05, 0.1) is 18.9 Å². The molecule has 5 rings (SSSR count). The number of nitrogens with zero attached hydrogens (tertiary/aromatic N) is 4. The van der Waals surface area contributed by atoms with E-state index in [0.29, 0.717) is 23.3 Å². The van der Waals surface area contributed by atoms with Gasteiger partial charge in [-0.3, -0.25) is 4.90 Å². The van der Waals surface area contributed by atoms with Crippen molar-refractivity contribution >= 4 is 0 Å². The Bertz CT molecular complexity index is 992. The molecule has 0 radical (unpaired) electrons. The van der Waals surface area contributed by atoms with E-state index in [1.807, 2.05) is 24.3 Å². The topological polar surface area (TPSA) is 72.6 Å². The number of hydrogen-bond donors (Lipinski definition) is 1. The molecular formula is C24H28N4O3. The number of likely N-dealkylation sites (tertiary alicyclic amines) is 1. The molecule has 1 aliphatic heterocycles. The summed E-state index contributed by atoms with van der Waals surface area (Å²) in [6.45, 7) is 2.97. The van der Waals surface area contributed by atoms with Crippen molar-refractivity contribution in [3.8, 4) is 17.2 Å². The zero-order chi connectivity index (χ0) is 21.2. The van der Waals surface area contributed by atoms with E-state index in [1.54, 1.807) is 24.4 Å². The van der Waals surface area contributed by atoms with Crippen LogP contribution in [-0.2, 0) is 6.54 Å². The average molecular weight is 421 g/mol. The minimum atomic E-state index is -0.451. The summed E-state index contributed by atoms with van der Waals surface area (Å²) in [5.41, 5.74) is 2.29. The van der Waals surface area contributed by atoms with Crippen molar-refractivity contribution in [2.24, 2.45) is 11.8 Å². The Hall–Kier alpha value is -2.90. The van der Waals surface area contributed by atoms with Crippen molar-refractivity contribution in [2.75, 3.05) is 20.2 Å². The number of aliphatic hydroxyl groups excluding tert-OH is 1. The number of fused-ring (bicyclic) bond motifs is 1. The summed E-state index contributed by atoms with van der Waals surface area (Å²) in [5.74, 6) is 2.47. The molecule has 2 aromatic carbocycles. The molecule has 162 valence electrons. The monoisotopic (exact) mass is 420 g/mol. The summed E-state index contributed by atoms with van der Waals surface area (Å²) >= 11 is 0. The third-order valence-electron chi connectivity index (χ3n) is 6.53. The zero-order valence-corrected chi connectivity index (χ0v) is 17.7. The molecule has 4 atom stereocenters. The standard InChI is InChI=1S/C24H28N4O3/c1-30-22-4-2-3-5-23(22)31-24-11-19-14-27(13-18(19)10-21(24)29)12-17-6-8-20(9-7-17)28-16-25-15-26-28/h2-9,15-16,18-19,21,24,29H,10-14H2,1H3/t18-,19+,21+,24+/m0/s1. The third-order valence-corrected chi connectivity index (χ3v) is 6.53. The predicted molar refractivity (Wildman–Crippen MR) is 116 cm³/mol. The van der Waals surface area contributed by atoms with Gasteiger partial charge in [-0.1, -0.05) is 24.3 Å². The second-order valence-corrected chi connectivity index (χ2v) is 8.57. The van der Waals surface area contributed by atoms with Gasteiger partial charge in [0.15, 0.2) is 11.5 Å². The molecule has 1 saturated heterocycles. The largest absolute Gasteiger partial charge is 0.493 e. The Morgan fingerprint density at radius 2 is 1.74 bits per heavy atom. The lowest BCUT2D eigenvalue weighted by atomic mass is 9.78. The van der Waals surface area contributed by atoms with Crippen LogP contribution in [0.15, 0.2) is 61.2 Å². The van der Waals surface area contributed by atoms with Crippen LogP contribution in [0.2, 0.25) is 0 Å². The SMILES string of the molecule is COc1ccccc1O[C@@H]1C[C@@H]2CN(Cc3ccc(-n4cncn4)cc3)C[C@@H]2C[C@H]1O. The van der Waals surface area contributed by atoms with Gasteiger partial charge in [-0.15, -0.1) is 0 Å². The molecule has 0 amide bonds. The Balaban J connectivity index is 1.20. The molecule has 1 N–H and O–H groups in total. The Morgan fingerprint density at radius 3 is 2.45 bits per heavy atom. The lowest BCUT2D eigenvalue weighted by molar-refractivity contribution is -0.0240. The number of benzene rings is 2. The van der Waals surface area contributed by atoms with E-state index >= 15 is 0 Å². The maximum Gasteiger partial charge on any atom is 0.161 e. The van der Waals surface area contributed by atoms with Crippen molar-refractivity contribution in [3.05, 3.63) is 66.7 Å². The smallest absolute Gasteiger partial charge is 0.161 e. The Labute approximate surface area is 182 Å². The number of para-hydroxylation sites is 2. The van der Waals surface area contributed by atoms with Crippen LogP contribution in [0.1, 0.15) is 18.4 Å². The van der Waals surface area contributed by atoms with Crippen LogP contribution in [-0.4, -0.2) is 57.2 Å². The minimum absolute atomic E-state index is 0.195. The molecule has 7 heteroatoms. The van der Waals surface area contributed by atoms with E-state index in [4.69, 9.17) is 9.47 Å². The summed E-state index contributed by atoms with van der Waals surface area (Å²) in [6.07, 6.45) is 4.25. The summed E-state index contributed by atoms with van der Waals surface area (Å²) in [5, 5.41) is 14.9. The fourth-order valence-electron chi connectivity index (χ4n) is 4.98.